The molecule has 0 aliphatic heterocycles. The minimum atomic E-state index is -4.97. The van der Waals surface area contributed by atoms with Crippen molar-refractivity contribution < 1.29 is 80.2 Å². The minimum absolute atomic E-state index is 0.109. The maximum atomic E-state index is 13.1. The summed E-state index contributed by atoms with van der Waals surface area (Å²) >= 11 is 0. The van der Waals surface area contributed by atoms with E-state index in [1.807, 2.05) is 0 Å². The van der Waals surface area contributed by atoms with Crippen LogP contribution in [0.1, 0.15) is 465 Å². The van der Waals surface area contributed by atoms with Gasteiger partial charge in [-0.25, -0.2) is 9.13 Å². The van der Waals surface area contributed by atoms with Gasteiger partial charge in [-0.1, -0.05) is 413 Å². The predicted octanol–water partition coefficient (Wildman–Crippen LogP) is 26.4. The highest BCUT2D eigenvalue weighted by molar-refractivity contribution is 7.47. The van der Waals surface area contributed by atoms with Crippen LogP contribution in [-0.4, -0.2) is 96.7 Å². The fourth-order valence-corrected chi connectivity index (χ4v) is 15.0. The molecule has 0 aliphatic rings. The van der Waals surface area contributed by atoms with Crippen molar-refractivity contribution in [3.63, 3.8) is 0 Å². The Morgan fingerprint density at radius 2 is 0.457 bits per heavy atom. The summed E-state index contributed by atoms with van der Waals surface area (Å²) in [7, 11) is -9.92. The van der Waals surface area contributed by atoms with Gasteiger partial charge < -0.3 is 33.8 Å². The molecule has 0 spiro atoms. The highest BCUT2D eigenvalue weighted by Gasteiger charge is 2.30. The molecule has 0 fully saturated rings. The zero-order chi connectivity index (χ0) is 76.9. The summed E-state index contributed by atoms with van der Waals surface area (Å²) in [6, 6.07) is 0. The molecule has 0 aromatic heterocycles. The van der Waals surface area contributed by atoms with Gasteiger partial charge in [0.1, 0.15) is 19.3 Å². The van der Waals surface area contributed by atoms with Gasteiger partial charge in [-0.2, -0.15) is 0 Å². The number of unbranched alkanes of at least 4 members (excludes halogenated alkanes) is 57. The van der Waals surface area contributed by atoms with E-state index >= 15 is 0 Å². The Morgan fingerprint density at radius 1 is 0.267 bits per heavy atom. The number of aliphatic hydroxyl groups is 1. The number of carbonyl (C=O) groups is 4. The van der Waals surface area contributed by atoms with Crippen LogP contribution in [0.3, 0.4) is 0 Å². The highest BCUT2D eigenvalue weighted by Crippen LogP contribution is 2.45. The lowest BCUT2D eigenvalue weighted by molar-refractivity contribution is -0.161. The summed E-state index contributed by atoms with van der Waals surface area (Å²) in [5.74, 6) is -1.23. The second-order valence-corrected chi connectivity index (χ2v) is 34.1. The van der Waals surface area contributed by atoms with Crippen molar-refractivity contribution in [1.82, 2.24) is 0 Å². The van der Waals surface area contributed by atoms with Crippen molar-refractivity contribution in [1.29, 1.82) is 0 Å². The van der Waals surface area contributed by atoms with Gasteiger partial charge >= 0.3 is 39.5 Å². The smallest absolute Gasteiger partial charge is 0.462 e. The van der Waals surface area contributed by atoms with Gasteiger partial charge in [0, 0.05) is 25.7 Å². The number of aliphatic hydroxyl groups excluding tert-OH is 1. The lowest BCUT2D eigenvalue weighted by atomic mass is 9.99. The number of rotatable bonds is 86. The second kappa shape index (κ2) is 78.7. The first-order valence-corrected chi connectivity index (χ1v) is 47.7. The fourth-order valence-electron chi connectivity index (χ4n) is 13.4. The van der Waals surface area contributed by atoms with Crippen LogP contribution in [0.15, 0.2) is 0 Å². The molecule has 17 nitrogen and oxygen atoms in total. The molecule has 0 aromatic carbocycles. The minimum Gasteiger partial charge on any atom is -0.462 e. The van der Waals surface area contributed by atoms with Crippen molar-refractivity contribution in [3.05, 3.63) is 0 Å². The first-order chi connectivity index (χ1) is 51.1. The molecule has 6 atom stereocenters. The molecule has 0 heterocycles. The number of hydrogen-bond donors (Lipinski definition) is 3. The monoisotopic (exact) mass is 1540 g/mol. The molecule has 624 valence electrons. The molecule has 0 radical (unpaired) electrons. The Kier molecular flexibility index (Phi) is 77.3. The number of hydrogen-bond acceptors (Lipinski definition) is 15. The normalized spacial score (nSPS) is 14.0. The largest absolute Gasteiger partial charge is 0.472 e. The van der Waals surface area contributed by atoms with Crippen LogP contribution in [0, 0.1) is 5.92 Å². The van der Waals surface area contributed by atoms with Gasteiger partial charge in [0.2, 0.25) is 0 Å². The zero-order valence-electron chi connectivity index (χ0n) is 68.9. The van der Waals surface area contributed by atoms with Crippen LogP contribution in [0.2, 0.25) is 0 Å². The van der Waals surface area contributed by atoms with Gasteiger partial charge in [-0.3, -0.25) is 37.3 Å². The first-order valence-electron chi connectivity index (χ1n) is 44.7. The van der Waals surface area contributed by atoms with Gasteiger partial charge in [0.15, 0.2) is 12.2 Å². The summed E-state index contributed by atoms with van der Waals surface area (Å²) in [6.07, 6.45) is 72.1. The second-order valence-electron chi connectivity index (χ2n) is 31.2. The lowest BCUT2D eigenvalue weighted by Gasteiger charge is -2.21. The first kappa shape index (κ1) is 103. The van der Waals surface area contributed by atoms with Crippen molar-refractivity contribution in [2.45, 2.75) is 483 Å². The molecule has 0 aliphatic carbocycles. The summed E-state index contributed by atoms with van der Waals surface area (Å²) < 4.78 is 68.9. The number of carbonyl (C=O) groups excluding carboxylic acids is 4. The number of phosphoric ester groups is 2. The van der Waals surface area contributed by atoms with E-state index in [4.69, 9.17) is 37.0 Å². The van der Waals surface area contributed by atoms with Crippen LogP contribution >= 0.6 is 15.6 Å². The van der Waals surface area contributed by atoms with Crippen molar-refractivity contribution in [2.24, 2.45) is 5.92 Å². The molecule has 0 amide bonds. The summed E-state index contributed by atoms with van der Waals surface area (Å²) in [5.41, 5.74) is 0. The van der Waals surface area contributed by atoms with Crippen molar-refractivity contribution >= 4 is 39.5 Å². The van der Waals surface area contributed by atoms with Crippen LogP contribution in [-0.2, 0) is 65.4 Å². The molecule has 0 rings (SSSR count). The standard InChI is InChI=1S/C86H168O17P2/c1-6-10-13-16-19-22-25-27-29-30-34-37-41-45-50-55-60-65-70-84(89)97-76-82(103-86(91)72-67-62-57-52-47-42-38-35-32-31-33-36-39-44-48-53-58-63-68-79(5)9-4)78-101-105(94,95)99-74-80(87)73-98-104(92,93)100-77-81(75-96-83(88)69-64-59-54-49-43-24-21-18-15-12-8-3)102-85(90)71-66-61-56-51-46-40-28-26-23-20-17-14-11-7-2/h79-82,87H,6-78H2,1-5H3,(H,92,93)(H,94,95)/t79?,80-,81+,82+/m0/s1. The average molecular weight is 1540 g/mol. The van der Waals surface area contributed by atoms with E-state index in [1.54, 1.807) is 0 Å². The third-order valence-electron chi connectivity index (χ3n) is 20.6. The van der Waals surface area contributed by atoms with Crippen LogP contribution in [0.4, 0.5) is 0 Å². The molecule has 0 bridgehead atoms. The van der Waals surface area contributed by atoms with E-state index < -0.39 is 97.5 Å². The molecule has 105 heavy (non-hydrogen) atoms. The molecule has 19 heteroatoms. The van der Waals surface area contributed by atoms with E-state index in [2.05, 4.69) is 34.6 Å². The van der Waals surface area contributed by atoms with E-state index in [9.17, 15) is 43.2 Å². The molecule has 0 saturated carbocycles. The third kappa shape index (κ3) is 78.5. The van der Waals surface area contributed by atoms with E-state index in [0.29, 0.717) is 25.7 Å². The van der Waals surface area contributed by atoms with Gasteiger partial charge in [0.25, 0.3) is 0 Å². The summed E-state index contributed by atoms with van der Waals surface area (Å²) in [5, 5.41) is 10.7. The summed E-state index contributed by atoms with van der Waals surface area (Å²) in [6.45, 7) is 7.43. The van der Waals surface area contributed by atoms with Crippen LogP contribution in [0.5, 0.6) is 0 Å². The quantitative estimate of drug-likeness (QED) is 0.0222. The lowest BCUT2D eigenvalue weighted by Crippen LogP contribution is -2.30. The van der Waals surface area contributed by atoms with Crippen molar-refractivity contribution in [2.75, 3.05) is 39.6 Å². The van der Waals surface area contributed by atoms with Gasteiger partial charge in [-0.05, 0) is 31.6 Å². The third-order valence-corrected chi connectivity index (χ3v) is 22.5. The Morgan fingerprint density at radius 3 is 0.676 bits per heavy atom. The number of esters is 4. The SMILES string of the molecule is CCCCCCCCCCCCCCCCCCCCC(=O)OC[C@H](COP(=O)(O)OC[C@@H](O)COP(=O)(O)OC[C@@H](COC(=O)CCCCCCCCCCCCC)OC(=O)CCCCCCCCCCCCCCCC)OC(=O)CCCCCCCCCCCCCCCCCCCCC(C)CC. The Labute approximate surface area is 645 Å². The van der Waals surface area contributed by atoms with Crippen LogP contribution < -0.4 is 0 Å². The Bertz CT molecular complexity index is 2000. The molecule has 3 N–H and O–H groups in total. The van der Waals surface area contributed by atoms with E-state index in [-0.39, 0.29) is 25.7 Å². The zero-order valence-corrected chi connectivity index (χ0v) is 70.7. The predicted molar refractivity (Wildman–Crippen MR) is 432 cm³/mol. The fraction of sp³-hybridized carbons (Fsp3) is 0.953. The van der Waals surface area contributed by atoms with E-state index in [0.717, 1.165) is 95.8 Å². The number of ether oxygens (including phenoxy) is 4. The molecular formula is C86H168O17P2. The van der Waals surface area contributed by atoms with E-state index in [1.165, 1.54) is 289 Å². The topological polar surface area (TPSA) is 237 Å². The van der Waals surface area contributed by atoms with Gasteiger partial charge in [0.05, 0.1) is 26.4 Å². The molecular weight excluding hydrogens is 1370 g/mol. The number of phosphoric acid groups is 2. The molecule has 0 aromatic rings. The Balaban J connectivity index is 5.22. The van der Waals surface area contributed by atoms with Gasteiger partial charge in [-0.15, -0.1) is 0 Å². The molecule has 0 saturated heterocycles. The highest BCUT2D eigenvalue weighted by atomic mass is 31.2. The van der Waals surface area contributed by atoms with Crippen LogP contribution in [0.25, 0.3) is 0 Å². The Hall–Kier alpha value is -1.94. The van der Waals surface area contributed by atoms with Crippen molar-refractivity contribution in [3.8, 4) is 0 Å². The maximum absolute atomic E-state index is 13.1. The summed E-state index contributed by atoms with van der Waals surface area (Å²) in [4.78, 5) is 73.2. The molecule has 3 unspecified atom stereocenters. The maximum Gasteiger partial charge on any atom is 0.472 e. The average Bonchev–Trinajstić information content (AvgIpc) is 0.907.